The van der Waals surface area contributed by atoms with Gasteiger partial charge in [0, 0.05) is 17.4 Å². The van der Waals surface area contributed by atoms with E-state index < -0.39 is 0 Å². The average Bonchev–Trinajstić information content (AvgIpc) is 2.29. The number of nitrogens with one attached hydrogen (secondary N) is 1. The van der Waals surface area contributed by atoms with Crippen molar-refractivity contribution in [3.63, 3.8) is 0 Å². The summed E-state index contributed by atoms with van der Waals surface area (Å²) in [7, 11) is 0. The maximum absolute atomic E-state index is 9.21. The van der Waals surface area contributed by atoms with Crippen LogP contribution in [-0.2, 0) is 0 Å². The van der Waals surface area contributed by atoms with Gasteiger partial charge in [-0.2, -0.15) is 11.8 Å². The van der Waals surface area contributed by atoms with Crippen LogP contribution < -0.4 is 5.32 Å². The SMILES string of the molecule is CSc1nc(Cl)cc(NC(C)C(CO)SC)n1. The average molecular weight is 294 g/mol. The zero-order valence-corrected chi connectivity index (χ0v) is 12.4. The van der Waals surface area contributed by atoms with Crippen LogP contribution in [0.5, 0.6) is 0 Å². The van der Waals surface area contributed by atoms with Crippen LogP contribution in [0, 0.1) is 0 Å². The molecule has 1 rings (SSSR count). The molecule has 2 N–H and O–H groups in total. The van der Waals surface area contributed by atoms with Crippen LogP contribution in [-0.4, -0.2) is 45.5 Å². The van der Waals surface area contributed by atoms with Gasteiger partial charge in [-0.25, -0.2) is 9.97 Å². The molecule has 0 aromatic carbocycles. The van der Waals surface area contributed by atoms with Gasteiger partial charge in [0.15, 0.2) is 5.16 Å². The second-order valence-corrected chi connectivity index (χ2v) is 5.69. The number of hydrogen-bond donors (Lipinski definition) is 2. The predicted molar refractivity (Wildman–Crippen MR) is 76.3 cm³/mol. The highest BCUT2D eigenvalue weighted by atomic mass is 35.5. The van der Waals surface area contributed by atoms with E-state index in [4.69, 9.17) is 11.6 Å². The summed E-state index contributed by atoms with van der Waals surface area (Å²) in [6.45, 7) is 2.13. The molecule has 2 atom stereocenters. The number of rotatable bonds is 6. The van der Waals surface area contributed by atoms with Crippen LogP contribution in [0.25, 0.3) is 0 Å². The van der Waals surface area contributed by atoms with Crippen molar-refractivity contribution in [2.24, 2.45) is 0 Å². The van der Waals surface area contributed by atoms with Crippen LogP contribution in [0.4, 0.5) is 5.82 Å². The Morgan fingerprint density at radius 1 is 1.47 bits per heavy atom. The second kappa shape index (κ2) is 7.31. The fourth-order valence-corrected chi connectivity index (χ4v) is 2.56. The number of nitrogens with zero attached hydrogens (tertiary/aromatic N) is 2. The Balaban J connectivity index is 2.76. The highest BCUT2D eigenvalue weighted by molar-refractivity contribution is 7.99. The van der Waals surface area contributed by atoms with Gasteiger partial charge in [-0.15, -0.1) is 0 Å². The molecule has 0 saturated heterocycles. The number of hydrogen-bond acceptors (Lipinski definition) is 6. The van der Waals surface area contributed by atoms with Crippen molar-refractivity contribution in [3.05, 3.63) is 11.2 Å². The molecule has 17 heavy (non-hydrogen) atoms. The van der Waals surface area contributed by atoms with Gasteiger partial charge in [0.25, 0.3) is 0 Å². The second-order valence-electron chi connectivity index (χ2n) is 3.45. The third-order valence-corrected chi connectivity index (χ3v) is 4.18. The summed E-state index contributed by atoms with van der Waals surface area (Å²) in [5.74, 6) is 0.689. The first-order chi connectivity index (χ1) is 8.10. The van der Waals surface area contributed by atoms with Crippen LogP contribution in [0.3, 0.4) is 0 Å². The van der Waals surface area contributed by atoms with Crippen molar-refractivity contribution in [1.82, 2.24) is 9.97 Å². The Labute approximate surface area is 115 Å². The minimum atomic E-state index is 0.107. The lowest BCUT2D eigenvalue weighted by atomic mass is 10.2. The molecule has 7 heteroatoms. The summed E-state index contributed by atoms with van der Waals surface area (Å²) in [4.78, 5) is 8.38. The van der Waals surface area contributed by atoms with E-state index in [1.54, 1.807) is 17.8 Å². The molecule has 0 fully saturated rings. The van der Waals surface area contributed by atoms with Gasteiger partial charge in [0.05, 0.1) is 6.61 Å². The predicted octanol–water partition coefficient (Wildman–Crippen LogP) is 2.38. The quantitative estimate of drug-likeness (QED) is 0.477. The number of anilines is 1. The normalized spacial score (nSPS) is 14.4. The molecular formula is C10H16ClN3OS2. The Kier molecular flexibility index (Phi) is 6.40. The van der Waals surface area contributed by atoms with Gasteiger partial charge in [-0.1, -0.05) is 23.4 Å². The molecule has 0 spiro atoms. The largest absolute Gasteiger partial charge is 0.395 e. The summed E-state index contributed by atoms with van der Waals surface area (Å²) in [6.07, 6.45) is 3.87. The standard InChI is InChI=1S/C10H16ClN3OS2/c1-6(7(5-15)16-2)12-9-4-8(11)13-10(14-9)17-3/h4,6-7,15H,5H2,1-3H3,(H,12,13,14). The molecule has 1 aromatic heterocycles. The lowest BCUT2D eigenvalue weighted by Gasteiger charge is -2.21. The zero-order chi connectivity index (χ0) is 12.8. The molecule has 0 aliphatic rings. The molecule has 0 amide bonds. The fourth-order valence-electron chi connectivity index (χ4n) is 1.32. The van der Waals surface area contributed by atoms with Crippen molar-refractivity contribution in [2.45, 2.75) is 23.4 Å². The Morgan fingerprint density at radius 2 is 2.18 bits per heavy atom. The Hall–Kier alpha value is -0.170. The van der Waals surface area contributed by atoms with Crippen LogP contribution in [0.1, 0.15) is 6.92 Å². The van der Waals surface area contributed by atoms with Crippen LogP contribution in [0.15, 0.2) is 11.2 Å². The van der Waals surface area contributed by atoms with Crippen molar-refractivity contribution < 1.29 is 5.11 Å². The molecule has 4 nitrogen and oxygen atoms in total. The Morgan fingerprint density at radius 3 is 2.71 bits per heavy atom. The molecule has 0 bridgehead atoms. The van der Waals surface area contributed by atoms with E-state index in [2.05, 4.69) is 15.3 Å². The van der Waals surface area contributed by atoms with Crippen molar-refractivity contribution in [1.29, 1.82) is 0 Å². The summed E-state index contributed by atoms with van der Waals surface area (Å²) in [5, 5.41) is 13.6. The topological polar surface area (TPSA) is 58.0 Å². The lowest BCUT2D eigenvalue weighted by molar-refractivity contribution is 0.288. The first kappa shape index (κ1) is 14.9. The Bertz CT molecular complexity index is 363. The third kappa shape index (κ3) is 4.54. The molecule has 0 aliphatic heterocycles. The summed E-state index contributed by atoms with van der Waals surface area (Å²) < 4.78 is 0. The van der Waals surface area contributed by atoms with E-state index >= 15 is 0 Å². The van der Waals surface area contributed by atoms with Crippen LogP contribution >= 0.6 is 35.1 Å². The number of thioether (sulfide) groups is 2. The van der Waals surface area contributed by atoms with E-state index in [1.807, 2.05) is 19.4 Å². The molecule has 96 valence electrons. The minimum absolute atomic E-state index is 0.107. The molecule has 0 saturated carbocycles. The monoisotopic (exact) mass is 293 g/mol. The fraction of sp³-hybridized carbons (Fsp3) is 0.600. The van der Waals surface area contributed by atoms with Gasteiger partial charge in [0.2, 0.25) is 0 Å². The molecule has 0 aliphatic carbocycles. The number of aromatic nitrogens is 2. The van der Waals surface area contributed by atoms with E-state index in [-0.39, 0.29) is 17.9 Å². The van der Waals surface area contributed by atoms with Gasteiger partial charge < -0.3 is 10.4 Å². The van der Waals surface area contributed by atoms with Crippen molar-refractivity contribution in [2.75, 3.05) is 24.4 Å². The molecule has 1 aromatic rings. The van der Waals surface area contributed by atoms with Crippen LogP contribution in [0.2, 0.25) is 5.15 Å². The molecule has 1 heterocycles. The maximum Gasteiger partial charge on any atom is 0.190 e. The van der Waals surface area contributed by atoms with Gasteiger partial charge >= 0.3 is 0 Å². The summed E-state index contributed by atoms with van der Waals surface area (Å²) in [6, 6.07) is 1.79. The van der Waals surface area contributed by atoms with E-state index in [1.165, 1.54) is 11.8 Å². The molecule has 2 unspecified atom stereocenters. The van der Waals surface area contributed by atoms with Gasteiger partial charge in [-0.3, -0.25) is 0 Å². The van der Waals surface area contributed by atoms with E-state index in [9.17, 15) is 5.11 Å². The number of halogens is 1. The highest BCUT2D eigenvalue weighted by Crippen LogP contribution is 2.20. The zero-order valence-electron chi connectivity index (χ0n) is 9.98. The van der Waals surface area contributed by atoms with Crippen molar-refractivity contribution in [3.8, 4) is 0 Å². The summed E-state index contributed by atoms with van der Waals surface area (Å²) >= 11 is 8.96. The first-order valence-corrected chi connectivity index (χ1v) is 7.98. The van der Waals surface area contributed by atoms with E-state index in [0.29, 0.717) is 16.1 Å². The summed E-state index contributed by atoms with van der Waals surface area (Å²) in [5.41, 5.74) is 0. The van der Waals surface area contributed by atoms with Gasteiger partial charge in [0.1, 0.15) is 11.0 Å². The first-order valence-electron chi connectivity index (χ1n) is 5.09. The van der Waals surface area contributed by atoms with Gasteiger partial charge in [-0.05, 0) is 19.4 Å². The third-order valence-electron chi connectivity index (χ3n) is 2.27. The minimum Gasteiger partial charge on any atom is -0.395 e. The number of aliphatic hydroxyl groups excluding tert-OH is 1. The molecular weight excluding hydrogens is 278 g/mol. The highest BCUT2D eigenvalue weighted by Gasteiger charge is 2.15. The smallest absolute Gasteiger partial charge is 0.190 e. The maximum atomic E-state index is 9.21. The van der Waals surface area contributed by atoms with Crippen molar-refractivity contribution >= 4 is 40.9 Å². The van der Waals surface area contributed by atoms with E-state index in [0.717, 1.165) is 0 Å². The molecule has 0 radical (unpaired) electrons. The lowest BCUT2D eigenvalue weighted by Crippen LogP contribution is -2.31. The number of aliphatic hydroxyl groups is 1.